The molecule has 1 aliphatic carbocycles. The van der Waals surface area contributed by atoms with Crippen LogP contribution in [0.2, 0.25) is 0 Å². The molecule has 0 heterocycles. The van der Waals surface area contributed by atoms with E-state index in [1.807, 2.05) is 0 Å². The summed E-state index contributed by atoms with van der Waals surface area (Å²) in [6.45, 7) is 0.657. The van der Waals surface area contributed by atoms with Crippen molar-refractivity contribution in [2.75, 3.05) is 0 Å². The van der Waals surface area contributed by atoms with Crippen molar-refractivity contribution in [3.8, 4) is 0 Å². The first-order valence-electron chi connectivity index (χ1n) is 3.32. The van der Waals surface area contributed by atoms with Gasteiger partial charge in [-0.25, -0.2) is 4.39 Å². The summed E-state index contributed by atoms with van der Waals surface area (Å²) < 4.78 is 63.8. The smallest absolute Gasteiger partial charge is 0.206 e. The van der Waals surface area contributed by atoms with Crippen molar-refractivity contribution >= 4 is 9.24 Å². The molecule has 0 aliphatic heterocycles. The van der Waals surface area contributed by atoms with Gasteiger partial charge in [-0.2, -0.15) is 17.6 Å². The Kier molecular flexibility index (Phi) is 2.27. The minimum atomic E-state index is -4.44. The molecule has 0 saturated heterocycles. The van der Waals surface area contributed by atoms with Crippen LogP contribution in [0.1, 0.15) is 6.92 Å². The Hall–Kier alpha value is -0.440. The molecule has 1 aliphatic rings. The van der Waals surface area contributed by atoms with Crippen molar-refractivity contribution in [2.24, 2.45) is 0 Å². The highest BCUT2D eigenvalue weighted by atomic mass is 31.0. The zero-order valence-electron chi connectivity index (χ0n) is 6.54. The molecule has 13 heavy (non-hydrogen) atoms. The molecule has 0 aromatic rings. The van der Waals surface area contributed by atoms with Gasteiger partial charge in [0.15, 0.2) is 0 Å². The van der Waals surface area contributed by atoms with Crippen LogP contribution in [-0.2, 0) is 0 Å². The standard InChI is InChI=1S/C7H6F5P/c1-3-5(8)4(2-13)7(11,12)6(3,9)10/h2H,13H2,1H3/b4-2-. The molecule has 1 atom stereocenters. The SMILES string of the molecule is CC1=C(F)/C(=C/P)C(F)(F)C1(F)F. The van der Waals surface area contributed by atoms with Crippen molar-refractivity contribution in [3.63, 3.8) is 0 Å². The number of hydrogen-bond donors (Lipinski definition) is 0. The summed E-state index contributed by atoms with van der Waals surface area (Å²) in [5.41, 5.74) is -2.48. The van der Waals surface area contributed by atoms with E-state index in [0.29, 0.717) is 12.7 Å². The van der Waals surface area contributed by atoms with Crippen molar-refractivity contribution in [3.05, 3.63) is 22.8 Å². The van der Waals surface area contributed by atoms with Gasteiger partial charge in [-0.1, -0.05) is 5.82 Å². The normalized spacial score (nSPS) is 28.7. The van der Waals surface area contributed by atoms with Crippen molar-refractivity contribution in [2.45, 2.75) is 18.8 Å². The molecule has 0 aromatic carbocycles. The van der Waals surface area contributed by atoms with Crippen LogP contribution in [-0.4, -0.2) is 11.8 Å². The molecule has 1 rings (SSSR count). The molecule has 74 valence electrons. The number of alkyl halides is 4. The summed E-state index contributed by atoms with van der Waals surface area (Å²) in [5, 5.41) is 0. The highest BCUT2D eigenvalue weighted by Gasteiger charge is 2.66. The quantitative estimate of drug-likeness (QED) is 0.430. The lowest BCUT2D eigenvalue weighted by Gasteiger charge is -2.20. The average molecular weight is 216 g/mol. The van der Waals surface area contributed by atoms with Gasteiger partial charge in [0.2, 0.25) is 0 Å². The molecule has 0 amide bonds. The van der Waals surface area contributed by atoms with Gasteiger partial charge < -0.3 is 0 Å². The van der Waals surface area contributed by atoms with Crippen LogP contribution >= 0.6 is 9.24 Å². The van der Waals surface area contributed by atoms with Crippen LogP contribution in [0.3, 0.4) is 0 Å². The summed E-state index contributed by atoms with van der Waals surface area (Å²) in [7, 11) is 1.68. The lowest BCUT2D eigenvalue weighted by molar-refractivity contribution is -0.151. The molecule has 0 saturated carbocycles. The first-order chi connectivity index (χ1) is 5.76. The Labute approximate surface area is 73.7 Å². The van der Waals surface area contributed by atoms with Gasteiger partial charge in [-0.3, -0.25) is 0 Å². The van der Waals surface area contributed by atoms with Crippen LogP contribution in [0.25, 0.3) is 0 Å². The van der Waals surface area contributed by atoms with Crippen LogP contribution in [0.5, 0.6) is 0 Å². The summed E-state index contributed by atoms with van der Waals surface area (Å²) >= 11 is 0. The van der Waals surface area contributed by atoms with E-state index in [-0.39, 0.29) is 0 Å². The van der Waals surface area contributed by atoms with E-state index >= 15 is 0 Å². The van der Waals surface area contributed by atoms with Gasteiger partial charge in [0.05, 0.1) is 5.57 Å². The highest BCUT2D eigenvalue weighted by Crippen LogP contribution is 2.54. The molecule has 0 radical (unpaired) electrons. The number of hydrogen-bond acceptors (Lipinski definition) is 0. The lowest BCUT2D eigenvalue weighted by Crippen LogP contribution is -2.37. The van der Waals surface area contributed by atoms with E-state index in [4.69, 9.17) is 0 Å². The second-order valence-corrected chi connectivity index (χ2v) is 3.00. The average Bonchev–Trinajstić information content (AvgIpc) is 2.12. The first-order valence-corrected chi connectivity index (χ1v) is 3.98. The maximum atomic E-state index is 12.8. The Balaban J connectivity index is 3.38. The van der Waals surface area contributed by atoms with E-state index in [2.05, 4.69) is 0 Å². The molecule has 0 fully saturated rings. The molecule has 0 N–H and O–H groups in total. The van der Waals surface area contributed by atoms with Gasteiger partial charge in [0.1, 0.15) is 5.83 Å². The van der Waals surface area contributed by atoms with Gasteiger partial charge in [0, 0.05) is 5.57 Å². The molecule has 0 bridgehead atoms. The first kappa shape index (κ1) is 10.6. The fourth-order valence-electron chi connectivity index (χ4n) is 1.06. The van der Waals surface area contributed by atoms with Gasteiger partial charge >= 0.3 is 11.8 Å². The molecule has 6 heteroatoms. The summed E-state index contributed by atoms with van der Waals surface area (Å²) in [5.74, 6) is -9.80. The third-order valence-corrected chi connectivity index (χ3v) is 2.27. The number of rotatable bonds is 0. The van der Waals surface area contributed by atoms with Gasteiger partial charge in [-0.15, -0.1) is 9.24 Å². The predicted octanol–water partition coefficient (Wildman–Crippen LogP) is 3.27. The Bertz CT molecular complexity index is 302. The summed E-state index contributed by atoms with van der Waals surface area (Å²) in [6.07, 6.45) is 0. The zero-order valence-corrected chi connectivity index (χ0v) is 7.70. The Morgan fingerprint density at radius 3 is 1.77 bits per heavy atom. The van der Waals surface area contributed by atoms with Crippen molar-refractivity contribution in [1.82, 2.24) is 0 Å². The number of allylic oxidation sites excluding steroid dienone is 3. The van der Waals surface area contributed by atoms with Crippen LogP contribution in [0, 0.1) is 0 Å². The maximum Gasteiger partial charge on any atom is 0.342 e. The lowest BCUT2D eigenvalue weighted by atomic mass is 10.1. The van der Waals surface area contributed by atoms with E-state index in [1.54, 1.807) is 9.24 Å². The summed E-state index contributed by atoms with van der Waals surface area (Å²) in [6, 6.07) is 0. The predicted molar refractivity (Wildman–Crippen MR) is 41.5 cm³/mol. The third-order valence-electron chi connectivity index (χ3n) is 1.94. The van der Waals surface area contributed by atoms with E-state index in [1.165, 1.54) is 0 Å². The summed E-state index contributed by atoms with van der Waals surface area (Å²) in [4.78, 5) is 0. The highest BCUT2D eigenvalue weighted by molar-refractivity contribution is 7.20. The zero-order chi connectivity index (χ0) is 10.4. The Morgan fingerprint density at radius 2 is 1.62 bits per heavy atom. The van der Waals surface area contributed by atoms with Crippen LogP contribution in [0.4, 0.5) is 22.0 Å². The van der Waals surface area contributed by atoms with E-state index in [9.17, 15) is 22.0 Å². The minimum absolute atomic E-state index is 0.583. The fraction of sp³-hybridized carbons (Fsp3) is 0.429. The minimum Gasteiger partial charge on any atom is -0.206 e. The second-order valence-electron chi connectivity index (χ2n) is 2.67. The molecule has 1 unspecified atom stereocenters. The fourth-order valence-corrected chi connectivity index (χ4v) is 1.42. The maximum absolute atomic E-state index is 12.8. The van der Waals surface area contributed by atoms with Gasteiger partial charge in [-0.05, 0) is 6.92 Å². The van der Waals surface area contributed by atoms with Gasteiger partial charge in [0.25, 0.3) is 0 Å². The number of halogens is 5. The molecule has 0 spiro atoms. The Morgan fingerprint density at radius 1 is 1.15 bits per heavy atom. The molecule has 0 aromatic heterocycles. The monoisotopic (exact) mass is 216 g/mol. The van der Waals surface area contributed by atoms with Crippen LogP contribution < -0.4 is 0 Å². The largest absolute Gasteiger partial charge is 0.342 e. The van der Waals surface area contributed by atoms with Crippen molar-refractivity contribution < 1.29 is 22.0 Å². The molecular formula is C7H6F5P. The van der Waals surface area contributed by atoms with Crippen LogP contribution in [0.15, 0.2) is 22.8 Å². The van der Waals surface area contributed by atoms with Crippen molar-refractivity contribution in [1.29, 1.82) is 0 Å². The van der Waals surface area contributed by atoms with E-state index in [0.717, 1.165) is 0 Å². The molecule has 0 nitrogen and oxygen atoms in total. The third kappa shape index (κ3) is 1.13. The topological polar surface area (TPSA) is 0 Å². The van der Waals surface area contributed by atoms with E-state index < -0.39 is 28.8 Å². The molecular weight excluding hydrogens is 210 g/mol. The second kappa shape index (κ2) is 2.77.